The molecule has 1 aromatic rings. The lowest BCUT2D eigenvalue weighted by atomic mass is 9.90. The first-order valence-corrected chi connectivity index (χ1v) is 10.7. The zero-order valence-electron chi connectivity index (χ0n) is 15.8. The third-order valence-electron chi connectivity index (χ3n) is 3.92. The number of halogens is 2. The molecule has 0 aliphatic carbocycles. The summed E-state index contributed by atoms with van der Waals surface area (Å²) in [6, 6.07) is 2.08. The average molecular weight is 549 g/mol. The largest absolute Gasteiger partial charge is 0.356 e. The molecule has 0 saturated heterocycles. The highest BCUT2D eigenvalue weighted by Crippen LogP contribution is 2.20. The summed E-state index contributed by atoms with van der Waals surface area (Å²) < 4.78 is 25.8. The summed E-state index contributed by atoms with van der Waals surface area (Å²) in [4.78, 5) is 6.37. The first-order chi connectivity index (χ1) is 10.9. The van der Waals surface area contributed by atoms with Gasteiger partial charge in [0.1, 0.15) is 9.84 Å². The van der Waals surface area contributed by atoms with Gasteiger partial charge in [-0.05, 0) is 33.8 Å². The Balaban J connectivity index is 0.00000576. The molecule has 25 heavy (non-hydrogen) atoms. The number of nitrogens with one attached hydrogen (secondary N) is 1. The molecule has 1 heterocycles. The highest BCUT2D eigenvalue weighted by Gasteiger charge is 2.21. The van der Waals surface area contributed by atoms with E-state index < -0.39 is 9.84 Å². The van der Waals surface area contributed by atoms with E-state index in [9.17, 15) is 8.42 Å². The van der Waals surface area contributed by atoms with Gasteiger partial charge in [-0.25, -0.2) is 8.42 Å². The average Bonchev–Trinajstić information content (AvgIpc) is 2.74. The van der Waals surface area contributed by atoms with Crippen molar-refractivity contribution in [3.63, 3.8) is 0 Å². The lowest BCUT2D eigenvalue weighted by molar-refractivity contribution is 0.339. The molecule has 6 nitrogen and oxygen atoms in total. The van der Waals surface area contributed by atoms with Crippen LogP contribution in [0.15, 0.2) is 21.7 Å². The number of hydrogen-bond acceptors (Lipinski definition) is 3. The molecule has 0 unspecified atom stereocenters. The van der Waals surface area contributed by atoms with Gasteiger partial charge in [-0.3, -0.25) is 4.99 Å². The van der Waals surface area contributed by atoms with Crippen molar-refractivity contribution in [1.82, 2.24) is 14.8 Å². The van der Waals surface area contributed by atoms with Crippen LogP contribution in [0.2, 0.25) is 0 Å². The summed E-state index contributed by atoms with van der Waals surface area (Å²) in [6.45, 7) is 5.52. The molecule has 0 saturated carbocycles. The maximum absolute atomic E-state index is 11.4. The fourth-order valence-corrected chi connectivity index (χ4v) is 3.79. The monoisotopic (exact) mass is 548 g/mol. The van der Waals surface area contributed by atoms with Crippen LogP contribution in [0.1, 0.15) is 26.0 Å². The Morgan fingerprint density at radius 3 is 2.48 bits per heavy atom. The van der Waals surface area contributed by atoms with Crippen LogP contribution >= 0.6 is 39.9 Å². The fraction of sp³-hybridized carbons (Fsp3) is 0.688. The predicted molar refractivity (Wildman–Crippen MR) is 119 cm³/mol. The van der Waals surface area contributed by atoms with E-state index in [0.29, 0.717) is 13.0 Å². The molecule has 0 amide bonds. The molecule has 0 aliphatic heterocycles. The van der Waals surface area contributed by atoms with Crippen molar-refractivity contribution in [2.24, 2.45) is 17.5 Å². The number of sulfone groups is 1. The highest BCUT2D eigenvalue weighted by atomic mass is 127. The van der Waals surface area contributed by atoms with E-state index in [1.165, 1.54) is 11.9 Å². The summed E-state index contributed by atoms with van der Waals surface area (Å²) in [7, 11) is 2.81. The Bertz CT molecular complexity index is 686. The smallest absolute Gasteiger partial charge is 0.193 e. The van der Waals surface area contributed by atoms with E-state index in [0.717, 1.165) is 17.0 Å². The second-order valence-electron chi connectivity index (χ2n) is 7.06. The summed E-state index contributed by atoms with van der Waals surface area (Å²) >= 11 is 3.48. The first-order valence-electron chi connectivity index (χ1n) is 7.84. The maximum Gasteiger partial charge on any atom is 0.193 e. The Kier molecular flexibility index (Phi) is 10.0. The highest BCUT2D eigenvalue weighted by molar-refractivity contribution is 14.0. The van der Waals surface area contributed by atoms with Crippen LogP contribution in [0, 0.1) is 5.41 Å². The van der Waals surface area contributed by atoms with Crippen molar-refractivity contribution in [3.05, 3.63) is 22.4 Å². The van der Waals surface area contributed by atoms with Crippen LogP contribution in [0.4, 0.5) is 0 Å². The Labute approximate surface area is 177 Å². The SMILES string of the molecule is CN=C(NCC(C)(C)CCS(C)(=O)=O)N(C)Cc1cc(Br)cn1C.I. The van der Waals surface area contributed by atoms with Crippen molar-refractivity contribution in [1.29, 1.82) is 0 Å². The molecule has 1 N–H and O–H groups in total. The van der Waals surface area contributed by atoms with E-state index in [1.54, 1.807) is 7.05 Å². The Morgan fingerprint density at radius 2 is 2.04 bits per heavy atom. The molecule has 0 aromatic carbocycles. The van der Waals surface area contributed by atoms with E-state index >= 15 is 0 Å². The van der Waals surface area contributed by atoms with Gasteiger partial charge in [-0.15, -0.1) is 24.0 Å². The van der Waals surface area contributed by atoms with Gasteiger partial charge < -0.3 is 14.8 Å². The number of nitrogens with zero attached hydrogens (tertiary/aromatic N) is 3. The summed E-state index contributed by atoms with van der Waals surface area (Å²) in [5, 5.41) is 3.35. The Hall–Kier alpha value is -0.290. The minimum Gasteiger partial charge on any atom is -0.356 e. The van der Waals surface area contributed by atoms with Gasteiger partial charge in [-0.1, -0.05) is 13.8 Å². The minimum absolute atomic E-state index is 0. The molecule has 1 aromatic heterocycles. The summed E-state index contributed by atoms with van der Waals surface area (Å²) in [6.07, 6.45) is 3.92. The molecular formula is C16H30BrIN4O2S. The van der Waals surface area contributed by atoms with Crippen LogP contribution in [-0.2, 0) is 23.4 Å². The van der Waals surface area contributed by atoms with Crippen LogP contribution < -0.4 is 5.32 Å². The van der Waals surface area contributed by atoms with Gasteiger partial charge in [0.25, 0.3) is 0 Å². The minimum atomic E-state index is -2.94. The number of rotatable bonds is 7. The van der Waals surface area contributed by atoms with Crippen molar-refractivity contribution in [2.75, 3.05) is 32.6 Å². The quantitative estimate of drug-likeness (QED) is 0.323. The van der Waals surface area contributed by atoms with Crippen molar-refractivity contribution < 1.29 is 8.42 Å². The maximum atomic E-state index is 11.4. The summed E-state index contributed by atoms with van der Waals surface area (Å²) in [5.41, 5.74) is 1.04. The number of hydrogen-bond donors (Lipinski definition) is 1. The van der Waals surface area contributed by atoms with Crippen LogP contribution in [0.3, 0.4) is 0 Å². The molecule has 0 radical (unpaired) electrons. The zero-order chi connectivity index (χ0) is 18.5. The molecule has 0 atom stereocenters. The van der Waals surface area contributed by atoms with Gasteiger partial charge >= 0.3 is 0 Å². The lowest BCUT2D eigenvalue weighted by Gasteiger charge is -2.28. The van der Waals surface area contributed by atoms with Gasteiger partial charge in [0.15, 0.2) is 5.96 Å². The molecule has 0 spiro atoms. The van der Waals surface area contributed by atoms with Crippen molar-refractivity contribution >= 4 is 55.7 Å². The lowest BCUT2D eigenvalue weighted by Crippen LogP contribution is -2.43. The second kappa shape index (κ2) is 10.1. The Morgan fingerprint density at radius 1 is 1.44 bits per heavy atom. The fourth-order valence-electron chi connectivity index (χ4n) is 2.29. The third-order valence-corrected chi connectivity index (χ3v) is 5.30. The molecule has 0 fully saturated rings. The normalized spacial score (nSPS) is 12.7. The molecule has 9 heteroatoms. The molecule has 0 bridgehead atoms. The van der Waals surface area contributed by atoms with E-state index in [1.807, 2.05) is 20.3 Å². The standard InChI is InChI=1S/C16H29BrN4O2S.HI/c1-16(2,7-8-24(6,22)23)12-19-15(18-3)21(5)11-14-9-13(17)10-20(14)4;/h9-10H,7-8,11-12H2,1-6H3,(H,18,19);1H. The summed E-state index contributed by atoms with van der Waals surface area (Å²) in [5.74, 6) is 0.993. The molecular weight excluding hydrogens is 519 g/mol. The van der Waals surface area contributed by atoms with Crippen LogP contribution in [-0.4, -0.2) is 56.5 Å². The number of aryl methyl sites for hydroxylation is 1. The van der Waals surface area contributed by atoms with Crippen LogP contribution in [0.5, 0.6) is 0 Å². The van der Waals surface area contributed by atoms with Gasteiger partial charge in [0.2, 0.25) is 0 Å². The van der Waals surface area contributed by atoms with E-state index in [2.05, 4.69) is 55.6 Å². The first kappa shape index (κ1) is 24.7. The van der Waals surface area contributed by atoms with Gasteiger partial charge in [-0.2, -0.15) is 0 Å². The van der Waals surface area contributed by atoms with Crippen LogP contribution in [0.25, 0.3) is 0 Å². The second-order valence-corrected chi connectivity index (χ2v) is 10.2. The van der Waals surface area contributed by atoms with E-state index in [4.69, 9.17) is 0 Å². The number of aromatic nitrogens is 1. The van der Waals surface area contributed by atoms with Crippen molar-refractivity contribution in [3.8, 4) is 0 Å². The number of aliphatic imine (C=N–C) groups is 1. The zero-order valence-corrected chi connectivity index (χ0v) is 20.6. The van der Waals surface area contributed by atoms with E-state index in [-0.39, 0.29) is 35.1 Å². The number of guanidine groups is 1. The van der Waals surface area contributed by atoms with Crippen molar-refractivity contribution in [2.45, 2.75) is 26.8 Å². The predicted octanol–water partition coefficient (Wildman–Crippen LogP) is 2.87. The molecule has 1 rings (SSSR count). The van der Waals surface area contributed by atoms with Gasteiger partial charge in [0.05, 0.1) is 12.3 Å². The third kappa shape index (κ3) is 9.28. The molecule has 146 valence electrons. The topological polar surface area (TPSA) is 66.7 Å². The molecule has 0 aliphatic rings. The van der Waals surface area contributed by atoms with Gasteiger partial charge in [0, 0.05) is 50.3 Å².